The second-order valence-corrected chi connectivity index (χ2v) is 6.51. The molecule has 0 fully saturated rings. The van der Waals surface area contributed by atoms with Crippen LogP contribution in [0.4, 0.5) is 5.69 Å². The molecule has 0 atom stereocenters. The number of hydrogen-bond donors (Lipinski definition) is 1. The lowest BCUT2D eigenvalue weighted by Gasteiger charge is -2.13. The molecule has 0 saturated carbocycles. The first-order valence-corrected chi connectivity index (χ1v) is 9.50. The molecule has 4 aromatic rings. The lowest BCUT2D eigenvalue weighted by molar-refractivity contribution is -0.116. The predicted molar refractivity (Wildman–Crippen MR) is 110 cm³/mol. The lowest BCUT2D eigenvalue weighted by Crippen LogP contribution is -2.29. The van der Waals surface area contributed by atoms with Gasteiger partial charge in [0.25, 0.3) is 5.56 Å². The van der Waals surface area contributed by atoms with E-state index >= 15 is 0 Å². The summed E-state index contributed by atoms with van der Waals surface area (Å²) >= 11 is 0. The molecule has 1 N–H and O–H groups in total. The van der Waals surface area contributed by atoms with Crippen molar-refractivity contribution in [3.05, 3.63) is 64.7 Å². The van der Waals surface area contributed by atoms with Crippen molar-refractivity contribution in [1.29, 1.82) is 0 Å². The Morgan fingerprint density at radius 1 is 1.03 bits per heavy atom. The van der Waals surface area contributed by atoms with Gasteiger partial charge in [-0.1, -0.05) is 19.1 Å². The number of ether oxygens (including phenoxy) is 1. The monoisotopic (exact) mass is 391 g/mol. The van der Waals surface area contributed by atoms with E-state index in [9.17, 15) is 9.59 Å². The van der Waals surface area contributed by atoms with Gasteiger partial charge < -0.3 is 10.1 Å². The van der Waals surface area contributed by atoms with Crippen molar-refractivity contribution in [3.8, 4) is 5.75 Å². The second-order valence-electron chi connectivity index (χ2n) is 6.51. The van der Waals surface area contributed by atoms with Gasteiger partial charge >= 0.3 is 0 Å². The number of anilines is 1. The molecule has 4 rings (SSSR count). The smallest absolute Gasteiger partial charge is 0.297 e. The Labute approximate surface area is 166 Å². The third-order valence-corrected chi connectivity index (χ3v) is 4.65. The number of para-hydroxylation sites is 2. The Morgan fingerprint density at radius 3 is 2.45 bits per heavy atom. The van der Waals surface area contributed by atoms with E-state index in [2.05, 4.69) is 15.5 Å². The molecule has 29 heavy (non-hydrogen) atoms. The maximum atomic E-state index is 13.0. The third-order valence-electron chi connectivity index (χ3n) is 4.65. The average Bonchev–Trinajstić information content (AvgIpc) is 3.17. The highest BCUT2D eigenvalue weighted by molar-refractivity contribution is 5.91. The van der Waals surface area contributed by atoms with Gasteiger partial charge in [0.1, 0.15) is 18.1 Å². The Balaban J connectivity index is 1.69. The standard InChI is InChI=1S/C21H21N5O3/c1-3-18-23-24-20-21(28)25(16-7-5-6-8-17(16)26(18)20)13-19(27)22-14-9-11-15(12-10-14)29-4-2/h5-12H,3-4,13H2,1-2H3,(H,22,27). The highest BCUT2D eigenvalue weighted by Gasteiger charge is 2.17. The van der Waals surface area contributed by atoms with E-state index in [0.29, 0.717) is 30.1 Å². The number of rotatable bonds is 6. The second kappa shape index (κ2) is 7.75. The Morgan fingerprint density at radius 2 is 1.76 bits per heavy atom. The highest BCUT2D eigenvalue weighted by atomic mass is 16.5. The predicted octanol–water partition coefficient (Wildman–Crippen LogP) is 2.64. The normalized spacial score (nSPS) is 11.1. The maximum absolute atomic E-state index is 13.0. The SMILES string of the molecule is CCOc1ccc(NC(=O)Cn2c(=O)c3nnc(CC)n3c3ccccc32)cc1. The maximum Gasteiger partial charge on any atom is 0.297 e. The first-order chi connectivity index (χ1) is 14.1. The Kier molecular flexibility index (Phi) is 4.99. The summed E-state index contributed by atoms with van der Waals surface area (Å²) in [5.41, 5.74) is 1.94. The molecule has 148 valence electrons. The van der Waals surface area contributed by atoms with E-state index in [1.165, 1.54) is 4.57 Å². The zero-order valence-electron chi connectivity index (χ0n) is 16.3. The van der Waals surface area contributed by atoms with E-state index in [-0.39, 0.29) is 23.7 Å². The molecule has 2 aromatic heterocycles. The fourth-order valence-electron chi connectivity index (χ4n) is 3.35. The van der Waals surface area contributed by atoms with Crippen LogP contribution in [0.25, 0.3) is 16.7 Å². The van der Waals surface area contributed by atoms with Gasteiger partial charge in [-0.2, -0.15) is 0 Å². The quantitative estimate of drug-likeness (QED) is 0.546. The van der Waals surface area contributed by atoms with Crippen LogP contribution in [0.5, 0.6) is 5.75 Å². The molecule has 8 nitrogen and oxygen atoms in total. The van der Waals surface area contributed by atoms with Gasteiger partial charge in [0.2, 0.25) is 11.6 Å². The third kappa shape index (κ3) is 3.44. The van der Waals surface area contributed by atoms with Gasteiger partial charge in [-0.05, 0) is 43.3 Å². The molecule has 2 aromatic carbocycles. The molecular formula is C21H21N5O3. The summed E-state index contributed by atoms with van der Waals surface area (Å²) in [7, 11) is 0. The van der Waals surface area contributed by atoms with Gasteiger partial charge in [-0.15, -0.1) is 10.2 Å². The minimum Gasteiger partial charge on any atom is -0.494 e. The molecule has 0 unspecified atom stereocenters. The Hall–Kier alpha value is -3.68. The zero-order chi connectivity index (χ0) is 20.4. The van der Waals surface area contributed by atoms with E-state index < -0.39 is 0 Å². The van der Waals surface area contributed by atoms with Crippen molar-refractivity contribution in [1.82, 2.24) is 19.2 Å². The van der Waals surface area contributed by atoms with Gasteiger partial charge in [0.05, 0.1) is 17.6 Å². The number of amides is 1. The number of carbonyl (C=O) groups excluding carboxylic acids is 1. The summed E-state index contributed by atoms with van der Waals surface area (Å²) in [4.78, 5) is 25.7. The summed E-state index contributed by atoms with van der Waals surface area (Å²) in [5.74, 6) is 1.14. The number of benzene rings is 2. The number of nitrogens with zero attached hydrogens (tertiary/aromatic N) is 4. The summed E-state index contributed by atoms with van der Waals surface area (Å²) < 4.78 is 8.60. The van der Waals surface area contributed by atoms with Gasteiger partial charge in [-0.3, -0.25) is 18.6 Å². The average molecular weight is 391 g/mol. The molecule has 0 aliphatic rings. The van der Waals surface area contributed by atoms with E-state index in [0.717, 1.165) is 11.3 Å². The molecule has 0 aliphatic carbocycles. The molecule has 0 spiro atoms. The van der Waals surface area contributed by atoms with Crippen molar-refractivity contribution in [2.75, 3.05) is 11.9 Å². The first kappa shape index (κ1) is 18.7. The number of nitrogens with one attached hydrogen (secondary N) is 1. The zero-order valence-corrected chi connectivity index (χ0v) is 16.3. The molecule has 0 aliphatic heterocycles. The van der Waals surface area contributed by atoms with E-state index in [1.807, 2.05) is 38.1 Å². The fourth-order valence-corrected chi connectivity index (χ4v) is 3.35. The van der Waals surface area contributed by atoms with Crippen LogP contribution >= 0.6 is 0 Å². The van der Waals surface area contributed by atoms with E-state index in [1.54, 1.807) is 28.7 Å². The molecule has 8 heteroatoms. The van der Waals surface area contributed by atoms with Crippen molar-refractivity contribution in [2.45, 2.75) is 26.8 Å². The summed E-state index contributed by atoms with van der Waals surface area (Å²) in [5, 5.41) is 11.0. The Bertz CT molecular complexity index is 1240. The molecule has 2 heterocycles. The number of fused-ring (bicyclic) bond motifs is 3. The van der Waals surface area contributed by atoms with Crippen LogP contribution in [0.15, 0.2) is 53.3 Å². The highest BCUT2D eigenvalue weighted by Crippen LogP contribution is 2.17. The molecular weight excluding hydrogens is 370 g/mol. The van der Waals surface area contributed by atoms with Crippen LogP contribution in [-0.2, 0) is 17.8 Å². The van der Waals surface area contributed by atoms with Crippen molar-refractivity contribution in [2.24, 2.45) is 0 Å². The van der Waals surface area contributed by atoms with Crippen LogP contribution in [-0.4, -0.2) is 31.7 Å². The van der Waals surface area contributed by atoms with Crippen LogP contribution in [0.1, 0.15) is 19.7 Å². The van der Waals surface area contributed by atoms with Crippen molar-refractivity contribution in [3.63, 3.8) is 0 Å². The van der Waals surface area contributed by atoms with Crippen LogP contribution in [0.2, 0.25) is 0 Å². The van der Waals surface area contributed by atoms with Gasteiger partial charge in [-0.25, -0.2) is 0 Å². The summed E-state index contributed by atoms with van der Waals surface area (Å²) in [6, 6.07) is 14.5. The van der Waals surface area contributed by atoms with Gasteiger partial charge in [0, 0.05) is 12.1 Å². The fraction of sp³-hybridized carbons (Fsp3) is 0.238. The first-order valence-electron chi connectivity index (χ1n) is 9.50. The lowest BCUT2D eigenvalue weighted by atomic mass is 10.2. The molecule has 0 saturated heterocycles. The van der Waals surface area contributed by atoms with Crippen molar-refractivity contribution < 1.29 is 9.53 Å². The van der Waals surface area contributed by atoms with Crippen LogP contribution in [0.3, 0.4) is 0 Å². The minimum atomic E-state index is -0.349. The van der Waals surface area contributed by atoms with E-state index in [4.69, 9.17) is 4.74 Å². The summed E-state index contributed by atoms with van der Waals surface area (Å²) in [6.45, 7) is 4.32. The molecule has 0 bridgehead atoms. The van der Waals surface area contributed by atoms with Gasteiger partial charge in [0.15, 0.2) is 0 Å². The number of carbonyl (C=O) groups is 1. The number of aromatic nitrogens is 4. The van der Waals surface area contributed by atoms with Crippen LogP contribution in [0, 0.1) is 0 Å². The molecule has 1 amide bonds. The number of aryl methyl sites for hydroxylation is 1. The molecule has 0 radical (unpaired) electrons. The summed E-state index contributed by atoms with van der Waals surface area (Å²) in [6.07, 6.45) is 0.646. The number of hydrogen-bond acceptors (Lipinski definition) is 5. The largest absolute Gasteiger partial charge is 0.494 e. The minimum absolute atomic E-state index is 0.128. The van der Waals surface area contributed by atoms with Crippen LogP contribution < -0.4 is 15.6 Å². The topological polar surface area (TPSA) is 90.5 Å². The van der Waals surface area contributed by atoms with Crippen molar-refractivity contribution >= 4 is 28.3 Å².